The van der Waals surface area contributed by atoms with Gasteiger partial charge in [-0.2, -0.15) is 13.2 Å². The number of nitrogens with zero attached hydrogens (tertiary/aromatic N) is 3. The summed E-state index contributed by atoms with van der Waals surface area (Å²) in [6.07, 6.45) is -3.99. The Labute approximate surface area is 191 Å². The van der Waals surface area contributed by atoms with Crippen LogP contribution in [0.4, 0.5) is 13.2 Å². The minimum Gasteiger partial charge on any atom is -0.346 e. The highest BCUT2D eigenvalue weighted by molar-refractivity contribution is 6.30. The number of alkyl halides is 3. The van der Waals surface area contributed by atoms with Crippen LogP contribution in [-0.2, 0) is 34.4 Å². The summed E-state index contributed by atoms with van der Waals surface area (Å²) in [5.74, 6) is -0.466. The van der Waals surface area contributed by atoms with Crippen molar-refractivity contribution < 1.29 is 22.8 Å². The first-order valence-corrected chi connectivity index (χ1v) is 10.2. The van der Waals surface area contributed by atoms with Gasteiger partial charge in [0.15, 0.2) is 5.82 Å². The minimum atomic E-state index is -4.52. The molecule has 1 heterocycles. The molecule has 0 aliphatic rings. The first kappa shape index (κ1) is 24.2. The molecule has 7 nitrogen and oxygen atoms in total. The molecule has 0 aliphatic carbocycles. The molecular weight excluding hydrogens is 461 g/mol. The Morgan fingerprint density at radius 2 is 1.76 bits per heavy atom. The molecule has 0 spiro atoms. The predicted octanol–water partition coefficient (Wildman–Crippen LogP) is 3.63. The molecule has 3 aromatic rings. The average Bonchev–Trinajstić information content (AvgIpc) is 3.03. The van der Waals surface area contributed by atoms with Gasteiger partial charge in [0.1, 0.15) is 12.8 Å². The Kier molecular flexibility index (Phi) is 6.78. The maximum Gasteiger partial charge on any atom is 0.416 e. The van der Waals surface area contributed by atoms with E-state index in [4.69, 9.17) is 11.6 Å². The Bertz CT molecular complexity index is 1230. The Balaban J connectivity index is 1.85. The molecule has 0 aliphatic heterocycles. The number of aldehydes is 1. The van der Waals surface area contributed by atoms with E-state index < -0.39 is 35.4 Å². The number of amides is 1. The zero-order valence-corrected chi connectivity index (χ0v) is 18.4. The van der Waals surface area contributed by atoms with Gasteiger partial charge < -0.3 is 10.1 Å². The van der Waals surface area contributed by atoms with E-state index in [-0.39, 0.29) is 17.9 Å². The Morgan fingerprint density at radius 3 is 2.36 bits per heavy atom. The molecular formula is C22H20ClF3N4O3. The van der Waals surface area contributed by atoms with E-state index in [2.05, 4.69) is 10.4 Å². The van der Waals surface area contributed by atoms with Gasteiger partial charge in [0.25, 0.3) is 0 Å². The Hall–Kier alpha value is -3.40. The Morgan fingerprint density at radius 1 is 1.12 bits per heavy atom. The third-order valence-electron chi connectivity index (χ3n) is 4.94. The lowest BCUT2D eigenvalue weighted by molar-refractivity contribution is -0.137. The fourth-order valence-corrected chi connectivity index (χ4v) is 3.40. The third kappa shape index (κ3) is 5.51. The maximum atomic E-state index is 13.0. The second-order valence-electron chi connectivity index (χ2n) is 7.80. The SMILES string of the molecule is CC(C)(NC(=O)Cn1nc(-c2ccc(Cl)cc2)n(CC=O)c1=O)c1cccc(C(F)(F)F)c1. The maximum absolute atomic E-state index is 13.0. The monoisotopic (exact) mass is 480 g/mol. The molecule has 174 valence electrons. The van der Waals surface area contributed by atoms with Crippen LogP contribution in [0, 0.1) is 0 Å². The lowest BCUT2D eigenvalue weighted by Crippen LogP contribution is -2.44. The molecule has 0 radical (unpaired) electrons. The van der Waals surface area contributed by atoms with E-state index in [0.29, 0.717) is 16.9 Å². The van der Waals surface area contributed by atoms with Crippen LogP contribution in [0.5, 0.6) is 0 Å². The van der Waals surface area contributed by atoms with Gasteiger partial charge in [-0.3, -0.25) is 9.36 Å². The van der Waals surface area contributed by atoms with Crippen molar-refractivity contribution in [2.45, 2.75) is 38.7 Å². The van der Waals surface area contributed by atoms with Crippen molar-refractivity contribution in [3.8, 4) is 11.4 Å². The van der Waals surface area contributed by atoms with Crippen LogP contribution in [0.25, 0.3) is 11.4 Å². The summed E-state index contributed by atoms with van der Waals surface area (Å²) in [6.45, 7) is 2.34. The lowest BCUT2D eigenvalue weighted by Gasteiger charge is -2.27. The van der Waals surface area contributed by atoms with Crippen molar-refractivity contribution in [1.82, 2.24) is 19.7 Å². The summed E-state index contributed by atoms with van der Waals surface area (Å²) >= 11 is 5.89. The second kappa shape index (κ2) is 9.22. The van der Waals surface area contributed by atoms with Gasteiger partial charge in [-0.25, -0.2) is 9.48 Å². The van der Waals surface area contributed by atoms with Crippen molar-refractivity contribution in [3.05, 3.63) is 75.2 Å². The van der Waals surface area contributed by atoms with Crippen molar-refractivity contribution in [2.24, 2.45) is 0 Å². The number of nitrogens with one attached hydrogen (secondary N) is 1. The van der Waals surface area contributed by atoms with E-state index in [1.54, 1.807) is 38.1 Å². The van der Waals surface area contributed by atoms with E-state index in [9.17, 15) is 27.6 Å². The van der Waals surface area contributed by atoms with E-state index in [1.807, 2.05) is 0 Å². The van der Waals surface area contributed by atoms with E-state index in [1.165, 1.54) is 12.1 Å². The number of hydrogen-bond acceptors (Lipinski definition) is 4. The van der Waals surface area contributed by atoms with Crippen LogP contribution in [0.1, 0.15) is 25.0 Å². The van der Waals surface area contributed by atoms with Crippen LogP contribution in [0.15, 0.2) is 53.3 Å². The number of carbonyl (C=O) groups excluding carboxylic acids is 2. The quantitative estimate of drug-likeness (QED) is 0.523. The van der Waals surface area contributed by atoms with Crippen LogP contribution >= 0.6 is 11.6 Å². The summed E-state index contributed by atoms with van der Waals surface area (Å²) < 4.78 is 41.1. The van der Waals surface area contributed by atoms with Crippen LogP contribution < -0.4 is 11.0 Å². The smallest absolute Gasteiger partial charge is 0.346 e. The number of carbonyl (C=O) groups is 2. The molecule has 2 aromatic carbocycles. The summed E-state index contributed by atoms with van der Waals surface area (Å²) in [4.78, 5) is 36.4. The van der Waals surface area contributed by atoms with E-state index >= 15 is 0 Å². The summed E-state index contributed by atoms with van der Waals surface area (Å²) in [6, 6.07) is 11.1. The first-order valence-electron chi connectivity index (χ1n) is 9.78. The number of benzene rings is 2. The highest BCUT2D eigenvalue weighted by atomic mass is 35.5. The molecule has 0 unspecified atom stereocenters. The molecule has 3 rings (SSSR count). The number of aromatic nitrogens is 3. The average molecular weight is 481 g/mol. The topological polar surface area (TPSA) is 86.0 Å². The largest absolute Gasteiger partial charge is 0.416 e. The van der Waals surface area contributed by atoms with Gasteiger partial charge in [0.05, 0.1) is 17.6 Å². The molecule has 0 atom stereocenters. The third-order valence-corrected chi connectivity index (χ3v) is 5.19. The summed E-state index contributed by atoms with van der Waals surface area (Å²) in [7, 11) is 0. The highest BCUT2D eigenvalue weighted by Crippen LogP contribution is 2.32. The second-order valence-corrected chi connectivity index (χ2v) is 8.24. The number of hydrogen-bond donors (Lipinski definition) is 1. The summed E-state index contributed by atoms with van der Waals surface area (Å²) in [5.41, 5.74) is -1.92. The molecule has 33 heavy (non-hydrogen) atoms. The van der Waals surface area contributed by atoms with Gasteiger partial charge in [-0.1, -0.05) is 23.7 Å². The van der Waals surface area contributed by atoms with Gasteiger partial charge in [0, 0.05) is 10.6 Å². The van der Waals surface area contributed by atoms with Gasteiger partial charge in [-0.15, -0.1) is 5.10 Å². The van der Waals surface area contributed by atoms with E-state index in [0.717, 1.165) is 21.4 Å². The van der Waals surface area contributed by atoms with Crippen molar-refractivity contribution in [1.29, 1.82) is 0 Å². The highest BCUT2D eigenvalue weighted by Gasteiger charge is 2.32. The molecule has 0 saturated heterocycles. The number of halogens is 4. The normalized spacial score (nSPS) is 11.9. The van der Waals surface area contributed by atoms with Gasteiger partial charge in [-0.05, 0) is 55.8 Å². The fourth-order valence-electron chi connectivity index (χ4n) is 3.28. The standard InChI is InChI=1S/C22H20ClF3N4O3/c1-21(2,15-4-3-5-16(12-15)22(24,25)26)27-18(32)13-30-20(33)29(10-11-31)19(28-30)14-6-8-17(23)9-7-14/h3-9,11-12H,10,13H2,1-2H3,(H,27,32). The first-order chi connectivity index (χ1) is 15.4. The molecule has 1 N–H and O–H groups in total. The predicted molar refractivity (Wildman–Crippen MR) is 116 cm³/mol. The van der Waals surface area contributed by atoms with Crippen molar-refractivity contribution in [2.75, 3.05) is 0 Å². The van der Waals surface area contributed by atoms with Crippen molar-refractivity contribution in [3.63, 3.8) is 0 Å². The molecule has 1 aromatic heterocycles. The molecule has 0 fully saturated rings. The molecule has 11 heteroatoms. The molecule has 0 bridgehead atoms. The zero-order chi connectivity index (χ0) is 24.4. The molecule has 0 saturated carbocycles. The number of rotatable bonds is 7. The van der Waals surface area contributed by atoms with Crippen molar-refractivity contribution >= 4 is 23.8 Å². The minimum absolute atomic E-state index is 0.175. The molecule has 1 amide bonds. The fraction of sp³-hybridized carbons (Fsp3) is 0.273. The van der Waals surface area contributed by atoms with Crippen LogP contribution in [0.3, 0.4) is 0 Å². The van der Waals surface area contributed by atoms with Gasteiger partial charge in [0.2, 0.25) is 5.91 Å². The zero-order valence-electron chi connectivity index (χ0n) is 17.7. The van der Waals surface area contributed by atoms with Gasteiger partial charge >= 0.3 is 11.9 Å². The summed E-state index contributed by atoms with van der Waals surface area (Å²) in [5, 5.41) is 7.28. The van der Waals surface area contributed by atoms with Crippen LogP contribution in [0.2, 0.25) is 5.02 Å². The van der Waals surface area contributed by atoms with Crippen LogP contribution in [-0.4, -0.2) is 26.5 Å². The lowest BCUT2D eigenvalue weighted by atomic mass is 9.92.